The van der Waals surface area contributed by atoms with E-state index in [4.69, 9.17) is 0 Å². The summed E-state index contributed by atoms with van der Waals surface area (Å²) in [6.07, 6.45) is 4.03. The van der Waals surface area contributed by atoms with Crippen LogP contribution >= 0.6 is 0 Å². The molecule has 1 heterocycles. The molecule has 5 nitrogen and oxygen atoms in total. The van der Waals surface area contributed by atoms with Gasteiger partial charge < -0.3 is 10.6 Å². The van der Waals surface area contributed by atoms with Gasteiger partial charge in [0.1, 0.15) is 0 Å². The minimum atomic E-state index is -0.208. The Bertz CT molecular complexity index is 609. The van der Waals surface area contributed by atoms with Crippen molar-refractivity contribution in [2.24, 2.45) is 0 Å². The van der Waals surface area contributed by atoms with Gasteiger partial charge in [0.25, 0.3) is 11.8 Å². The van der Waals surface area contributed by atoms with Crippen LogP contribution in [0.5, 0.6) is 0 Å². The summed E-state index contributed by atoms with van der Waals surface area (Å²) in [5, 5.41) is 5.57. The molecule has 2 rings (SSSR count). The molecule has 0 aliphatic heterocycles. The standard InChI is InChI=1S/C16H17N3O2/c1-2-9-18-15(20)12-3-5-14(6-4-12)19-16(21)13-7-10-17-11-8-13/h3-8,10-11H,2,9H2,1H3,(H,18,20)(H,19,21). The number of anilines is 1. The molecule has 1 aromatic heterocycles. The highest BCUT2D eigenvalue weighted by Crippen LogP contribution is 2.11. The number of nitrogens with zero attached hydrogens (tertiary/aromatic N) is 1. The molecule has 5 heteroatoms. The first-order valence-corrected chi connectivity index (χ1v) is 6.80. The summed E-state index contributed by atoms with van der Waals surface area (Å²) in [6.45, 7) is 2.65. The summed E-state index contributed by atoms with van der Waals surface area (Å²) >= 11 is 0. The minimum Gasteiger partial charge on any atom is -0.352 e. The van der Waals surface area contributed by atoms with Crippen molar-refractivity contribution in [1.82, 2.24) is 10.3 Å². The summed E-state index contributed by atoms with van der Waals surface area (Å²) < 4.78 is 0. The molecule has 0 aliphatic rings. The van der Waals surface area contributed by atoms with E-state index in [1.807, 2.05) is 6.92 Å². The maximum Gasteiger partial charge on any atom is 0.255 e. The molecule has 0 spiro atoms. The molecule has 2 aromatic rings. The van der Waals surface area contributed by atoms with Crippen molar-refractivity contribution >= 4 is 17.5 Å². The van der Waals surface area contributed by atoms with Gasteiger partial charge in [-0.25, -0.2) is 0 Å². The van der Waals surface area contributed by atoms with Crippen LogP contribution in [0.2, 0.25) is 0 Å². The maximum atomic E-state index is 12.0. The predicted molar refractivity (Wildman–Crippen MR) is 81.3 cm³/mol. The van der Waals surface area contributed by atoms with Gasteiger partial charge in [-0.3, -0.25) is 14.6 Å². The van der Waals surface area contributed by atoms with Gasteiger partial charge in [-0.15, -0.1) is 0 Å². The number of amides is 2. The SMILES string of the molecule is CCCNC(=O)c1ccc(NC(=O)c2ccncc2)cc1. The Kier molecular flexibility index (Phi) is 5.04. The molecule has 0 aliphatic carbocycles. The molecule has 0 saturated carbocycles. The zero-order valence-electron chi connectivity index (χ0n) is 11.8. The van der Waals surface area contributed by atoms with Crippen molar-refractivity contribution in [3.8, 4) is 0 Å². The van der Waals surface area contributed by atoms with Gasteiger partial charge in [0.15, 0.2) is 0 Å². The van der Waals surface area contributed by atoms with E-state index in [1.165, 1.54) is 0 Å². The normalized spacial score (nSPS) is 9.95. The van der Waals surface area contributed by atoms with Crippen molar-refractivity contribution in [3.63, 3.8) is 0 Å². The fourth-order valence-corrected chi connectivity index (χ4v) is 1.75. The zero-order chi connectivity index (χ0) is 15.1. The van der Waals surface area contributed by atoms with E-state index >= 15 is 0 Å². The first-order chi connectivity index (χ1) is 10.2. The van der Waals surface area contributed by atoms with E-state index in [-0.39, 0.29) is 11.8 Å². The number of hydrogen-bond donors (Lipinski definition) is 2. The largest absolute Gasteiger partial charge is 0.352 e. The zero-order valence-corrected chi connectivity index (χ0v) is 11.8. The van der Waals surface area contributed by atoms with Crippen LogP contribution in [0.25, 0.3) is 0 Å². The number of nitrogens with one attached hydrogen (secondary N) is 2. The minimum absolute atomic E-state index is 0.108. The molecule has 0 fully saturated rings. The second kappa shape index (κ2) is 7.19. The van der Waals surface area contributed by atoms with Gasteiger partial charge in [-0.1, -0.05) is 6.92 Å². The third kappa shape index (κ3) is 4.14. The van der Waals surface area contributed by atoms with Gasteiger partial charge in [0.05, 0.1) is 0 Å². The molecule has 0 saturated heterocycles. The van der Waals surface area contributed by atoms with E-state index < -0.39 is 0 Å². The Hall–Kier alpha value is -2.69. The Labute approximate surface area is 123 Å². The third-order valence-electron chi connectivity index (χ3n) is 2.88. The maximum absolute atomic E-state index is 12.0. The average molecular weight is 283 g/mol. The molecule has 0 atom stereocenters. The monoisotopic (exact) mass is 283 g/mol. The summed E-state index contributed by atoms with van der Waals surface area (Å²) in [6, 6.07) is 10.1. The first kappa shape index (κ1) is 14.7. The topological polar surface area (TPSA) is 71.1 Å². The van der Waals surface area contributed by atoms with Crippen molar-refractivity contribution in [2.75, 3.05) is 11.9 Å². The van der Waals surface area contributed by atoms with Crippen molar-refractivity contribution in [2.45, 2.75) is 13.3 Å². The summed E-state index contributed by atoms with van der Waals surface area (Å²) in [4.78, 5) is 27.6. The van der Waals surface area contributed by atoms with Crippen LogP contribution in [0.15, 0.2) is 48.8 Å². The lowest BCUT2D eigenvalue weighted by molar-refractivity contribution is 0.0953. The lowest BCUT2D eigenvalue weighted by atomic mass is 10.2. The van der Waals surface area contributed by atoms with Crippen molar-refractivity contribution in [3.05, 3.63) is 59.9 Å². The van der Waals surface area contributed by atoms with Crippen LogP contribution in [0.3, 0.4) is 0 Å². The Morgan fingerprint density at radius 3 is 2.19 bits per heavy atom. The lowest BCUT2D eigenvalue weighted by Crippen LogP contribution is -2.23. The van der Waals surface area contributed by atoms with Crippen molar-refractivity contribution in [1.29, 1.82) is 0 Å². The fourth-order valence-electron chi connectivity index (χ4n) is 1.75. The second-order valence-corrected chi connectivity index (χ2v) is 4.52. The van der Waals surface area contributed by atoms with Gasteiger partial charge in [0.2, 0.25) is 0 Å². The van der Waals surface area contributed by atoms with Crippen LogP contribution in [0.4, 0.5) is 5.69 Å². The number of benzene rings is 1. The first-order valence-electron chi connectivity index (χ1n) is 6.80. The molecule has 0 unspecified atom stereocenters. The smallest absolute Gasteiger partial charge is 0.255 e. The highest BCUT2D eigenvalue weighted by atomic mass is 16.2. The number of carbonyl (C=O) groups is 2. The van der Waals surface area contributed by atoms with E-state index in [1.54, 1.807) is 48.8 Å². The number of hydrogen-bond acceptors (Lipinski definition) is 3. The summed E-state index contributed by atoms with van der Waals surface area (Å²) in [7, 11) is 0. The molecule has 108 valence electrons. The van der Waals surface area contributed by atoms with Crippen molar-refractivity contribution < 1.29 is 9.59 Å². The molecule has 2 N–H and O–H groups in total. The van der Waals surface area contributed by atoms with Crippen LogP contribution in [-0.2, 0) is 0 Å². The predicted octanol–water partition coefficient (Wildman–Crippen LogP) is 2.47. The number of rotatable bonds is 5. The van der Waals surface area contributed by atoms with E-state index in [0.29, 0.717) is 23.4 Å². The van der Waals surface area contributed by atoms with Gasteiger partial charge in [-0.2, -0.15) is 0 Å². The third-order valence-corrected chi connectivity index (χ3v) is 2.88. The highest BCUT2D eigenvalue weighted by Gasteiger charge is 2.07. The lowest BCUT2D eigenvalue weighted by Gasteiger charge is -2.07. The van der Waals surface area contributed by atoms with Gasteiger partial charge in [-0.05, 0) is 42.8 Å². The molecule has 21 heavy (non-hydrogen) atoms. The molecule has 1 aromatic carbocycles. The van der Waals surface area contributed by atoms with Gasteiger partial charge >= 0.3 is 0 Å². The van der Waals surface area contributed by atoms with Gasteiger partial charge in [0, 0.05) is 35.8 Å². The molecular weight excluding hydrogens is 266 g/mol. The Morgan fingerprint density at radius 2 is 1.57 bits per heavy atom. The van der Waals surface area contributed by atoms with Crippen LogP contribution in [-0.4, -0.2) is 23.3 Å². The second-order valence-electron chi connectivity index (χ2n) is 4.52. The number of pyridine rings is 1. The van der Waals surface area contributed by atoms with E-state index in [9.17, 15) is 9.59 Å². The van der Waals surface area contributed by atoms with E-state index in [0.717, 1.165) is 6.42 Å². The van der Waals surface area contributed by atoms with E-state index in [2.05, 4.69) is 15.6 Å². The molecular formula is C16H17N3O2. The van der Waals surface area contributed by atoms with Crippen LogP contribution < -0.4 is 10.6 Å². The molecule has 0 bridgehead atoms. The van der Waals surface area contributed by atoms with Crippen LogP contribution in [0, 0.1) is 0 Å². The summed E-state index contributed by atoms with van der Waals surface area (Å²) in [5.41, 5.74) is 1.75. The van der Waals surface area contributed by atoms with Crippen LogP contribution in [0.1, 0.15) is 34.1 Å². The Balaban J connectivity index is 1.99. The highest BCUT2D eigenvalue weighted by molar-refractivity contribution is 6.04. The fraction of sp³-hybridized carbons (Fsp3) is 0.188. The molecule has 2 amide bonds. The average Bonchev–Trinajstić information content (AvgIpc) is 2.54. The summed E-state index contributed by atoms with van der Waals surface area (Å²) in [5.74, 6) is -0.315. The molecule has 0 radical (unpaired) electrons. The number of aromatic nitrogens is 1. The Morgan fingerprint density at radius 1 is 0.952 bits per heavy atom. The quantitative estimate of drug-likeness (QED) is 0.885. The number of carbonyl (C=O) groups excluding carboxylic acids is 2.